The van der Waals surface area contributed by atoms with Crippen LogP contribution in [0.4, 0.5) is 11.6 Å². The minimum atomic E-state index is 0.410. The summed E-state index contributed by atoms with van der Waals surface area (Å²) in [4.78, 5) is 10.7. The van der Waals surface area contributed by atoms with E-state index in [9.17, 15) is 0 Å². The van der Waals surface area contributed by atoms with E-state index in [1.165, 1.54) is 24.2 Å². The second-order valence-electron chi connectivity index (χ2n) is 3.76. The molecule has 0 aromatic carbocycles. The van der Waals surface area contributed by atoms with Gasteiger partial charge in [-0.2, -0.15) is 0 Å². The fourth-order valence-electron chi connectivity index (χ4n) is 2.34. The summed E-state index contributed by atoms with van der Waals surface area (Å²) in [6, 6.07) is 0. The van der Waals surface area contributed by atoms with E-state index < -0.39 is 0 Å². The summed E-state index contributed by atoms with van der Waals surface area (Å²) in [7, 11) is 0. The monoisotopic (exact) mass is 176 g/mol. The quantitative estimate of drug-likeness (QED) is 0.634. The van der Waals surface area contributed by atoms with E-state index in [-0.39, 0.29) is 0 Å². The maximum absolute atomic E-state index is 5.57. The van der Waals surface area contributed by atoms with Crippen molar-refractivity contribution in [2.45, 2.75) is 18.8 Å². The zero-order valence-corrected chi connectivity index (χ0v) is 7.40. The Labute approximate surface area is 76.8 Å². The molecule has 1 saturated heterocycles. The van der Waals surface area contributed by atoms with Crippen LogP contribution in [0, 0.1) is 0 Å². The second kappa shape index (κ2) is 2.34. The molecule has 0 aliphatic carbocycles. The van der Waals surface area contributed by atoms with Crippen LogP contribution in [0.2, 0.25) is 0 Å². The molecule has 1 fully saturated rings. The summed E-state index contributed by atoms with van der Waals surface area (Å²) < 4.78 is 0. The van der Waals surface area contributed by atoms with Crippen molar-refractivity contribution < 1.29 is 0 Å². The molecule has 0 radical (unpaired) electrons. The summed E-state index contributed by atoms with van der Waals surface area (Å²) in [5.74, 6) is 1.04. The number of hydrogen-bond acceptors (Lipinski definition) is 4. The standard InChI is InChI=1S/C9H12N4/c10-9-11-5-7-8(12-9)6-1-3-13(7)4-2-6/h5-6H,1-4H2,(H2,10,11,12). The van der Waals surface area contributed by atoms with Gasteiger partial charge in [0, 0.05) is 19.0 Å². The van der Waals surface area contributed by atoms with Gasteiger partial charge >= 0.3 is 0 Å². The molecule has 68 valence electrons. The SMILES string of the molecule is Nc1ncc2c(n1)C1CCN2CC1. The van der Waals surface area contributed by atoms with E-state index in [4.69, 9.17) is 5.73 Å². The van der Waals surface area contributed by atoms with Gasteiger partial charge in [-0.05, 0) is 12.8 Å². The van der Waals surface area contributed by atoms with Crippen molar-refractivity contribution in [1.29, 1.82) is 0 Å². The molecule has 4 heterocycles. The lowest BCUT2D eigenvalue weighted by molar-refractivity contribution is 0.463. The average molecular weight is 176 g/mol. The molecule has 1 aromatic heterocycles. The van der Waals surface area contributed by atoms with Gasteiger partial charge in [-0.3, -0.25) is 0 Å². The van der Waals surface area contributed by atoms with E-state index in [1.807, 2.05) is 6.20 Å². The van der Waals surface area contributed by atoms with E-state index >= 15 is 0 Å². The molecule has 0 saturated carbocycles. The molecule has 0 atom stereocenters. The van der Waals surface area contributed by atoms with Crippen molar-refractivity contribution in [3.63, 3.8) is 0 Å². The molecular weight excluding hydrogens is 164 g/mol. The van der Waals surface area contributed by atoms with Crippen molar-refractivity contribution in [2.24, 2.45) is 0 Å². The van der Waals surface area contributed by atoms with Crippen LogP contribution in [0.1, 0.15) is 24.5 Å². The number of nitrogens with zero attached hydrogens (tertiary/aromatic N) is 3. The van der Waals surface area contributed by atoms with Crippen molar-refractivity contribution in [1.82, 2.24) is 9.97 Å². The molecule has 1 aromatic rings. The van der Waals surface area contributed by atoms with Crippen LogP contribution in [0.25, 0.3) is 0 Å². The third-order valence-corrected chi connectivity index (χ3v) is 3.04. The summed E-state index contributed by atoms with van der Waals surface area (Å²) in [5.41, 5.74) is 7.95. The molecule has 3 aliphatic heterocycles. The van der Waals surface area contributed by atoms with Gasteiger partial charge in [0.1, 0.15) is 0 Å². The van der Waals surface area contributed by atoms with Gasteiger partial charge < -0.3 is 10.6 Å². The molecule has 3 aliphatic rings. The van der Waals surface area contributed by atoms with Gasteiger partial charge in [-0.15, -0.1) is 0 Å². The Kier molecular flexibility index (Phi) is 1.28. The largest absolute Gasteiger partial charge is 0.369 e. The van der Waals surface area contributed by atoms with Crippen LogP contribution in [-0.4, -0.2) is 23.1 Å². The predicted molar refractivity (Wildman–Crippen MR) is 50.6 cm³/mol. The smallest absolute Gasteiger partial charge is 0.220 e. The van der Waals surface area contributed by atoms with Crippen LogP contribution in [0.3, 0.4) is 0 Å². The molecule has 0 amide bonds. The number of nitrogen functional groups attached to an aromatic ring is 1. The van der Waals surface area contributed by atoms with Crippen molar-refractivity contribution in [3.05, 3.63) is 11.9 Å². The lowest BCUT2D eigenvalue weighted by Crippen LogP contribution is -2.39. The highest BCUT2D eigenvalue weighted by Gasteiger charge is 2.32. The van der Waals surface area contributed by atoms with Gasteiger partial charge in [0.25, 0.3) is 0 Å². The molecule has 4 nitrogen and oxygen atoms in total. The van der Waals surface area contributed by atoms with E-state index in [0.717, 1.165) is 13.1 Å². The first-order valence-corrected chi connectivity index (χ1v) is 4.72. The molecule has 2 bridgehead atoms. The molecule has 13 heavy (non-hydrogen) atoms. The number of piperidine rings is 1. The fraction of sp³-hybridized carbons (Fsp3) is 0.556. The minimum Gasteiger partial charge on any atom is -0.369 e. The molecule has 2 N–H and O–H groups in total. The topological polar surface area (TPSA) is 55.0 Å². The lowest BCUT2D eigenvalue weighted by atomic mass is 9.87. The molecule has 4 rings (SSSR count). The number of rotatable bonds is 0. The first-order valence-electron chi connectivity index (χ1n) is 4.72. The van der Waals surface area contributed by atoms with Crippen LogP contribution in [0.15, 0.2) is 6.20 Å². The zero-order valence-electron chi connectivity index (χ0n) is 7.40. The van der Waals surface area contributed by atoms with Gasteiger partial charge in [-0.1, -0.05) is 0 Å². The number of anilines is 2. The summed E-state index contributed by atoms with van der Waals surface area (Å²) in [5, 5.41) is 0. The van der Waals surface area contributed by atoms with Crippen molar-refractivity contribution in [2.75, 3.05) is 23.7 Å². The minimum absolute atomic E-state index is 0.410. The average Bonchev–Trinajstić information content (AvgIpc) is 2.19. The Hall–Kier alpha value is -1.32. The van der Waals surface area contributed by atoms with Gasteiger partial charge in [-0.25, -0.2) is 9.97 Å². The third kappa shape index (κ3) is 0.913. The van der Waals surface area contributed by atoms with Crippen molar-refractivity contribution >= 4 is 11.6 Å². The van der Waals surface area contributed by atoms with Crippen LogP contribution in [-0.2, 0) is 0 Å². The normalized spacial score (nSPS) is 20.5. The number of fused-ring (bicyclic) bond motifs is 2. The maximum Gasteiger partial charge on any atom is 0.220 e. The Balaban J connectivity index is 2.18. The lowest BCUT2D eigenvalue weighted by Gasteiger charge is -2.40. The van der Waals surface area contributed by atoms with E-state index in [1.54, 1.807) is 0 Å². The van der Waals surface area contributed by atoms with Crippen molar-refractivity contribution in [3.8, 4) is 0 Å². The predicted octanol–water partition coefficient (Wildman–Crippen LogP) is 0.756. The van der Waals surface area contributed by atoms with Crippen LogP contribution < -0.4 is 10.6 Å². The molecule has 0 unspecified atom stereocenters. The fourth-order valence-corrected chi connectivity index (χ4v) is 2.34. The Morgan fingerprint density at radius 2 is 2.15 bits per heavy atom. The first kappa shape index (κ1) is 7.12. The highest BCUT2D eigenvalue weighted by atomic mass is 15.2. The number of nitrogens with two attached hydrogens (primary N) is 1. The summed E-state index contributed by atoms with van der Waals surface area (Å²) >= 11 is 0. The second-order valence-corrected chi connectivity index (χ2v) is 3.76. The number of hydrogen-bond donors (Lipinski definition) is 1. The summed E-state index contributed by atoms with van der Waals surface area (Å²) in [6.07, 6.45) is 4.32. The van der Waals surface area contributed by atoms with E-state index in [0.29, 0.717) is 11.9 Å². The summed E-state index contributed by atoms with van der Waals surface area (Å²) in [6.45, 7) is 2.32. The van der Waals surface area contributed by atoms with Crippen LogP contribution >= 0.6 is 0 Å². The highest BCUT2D eigenvalue weighted by Crippen LogP contribution is 2.40. The number of aromatic nitrogens is 2. The van der Waals surface area contributed by atoms with E-state index in [2.05, 4.69) is 14.9 Å². The molecule has 4 heteroatoms. The first-order chi connectivity index (χ1) is 6.34. The molecule has 0 spiro atoms. The highest BCUT2D eigenvalue weighted by molar-refractivity contribution is 5.56. The van der Waals surface area contributed by atoms with Gasteiger partial charge in [0.05, 0.1) is 17.6 Å². The van der Waals surface area contributed by atoms with Gasteiger partial charge in [0.15, 0.2) is 0 Å². The van der Waals surface area contributed by atoms with Crippen LogP contribution in [0.5, 0.6) is 0 Å². The Morgan fingerprint density at radius 3 is 2.92 bits per heavy atom. The maximum atomic E-state index is 5.57. The van der Waals surface area contributed by atoms with Gasteiger partial charge in [0.2, 0.25) is 5.95 Å². The Bertz CT molecular complexity index is 341. The third-order valence-electron chi connectivity index (χ3n) is 3.04. The Morgan fingerprint density at radius 1 is 1.38 bits per heavy atom. The molecular formula is C9H12N4. The zero-order chi connectivity index (χ0) is 8.84.